The normalized spacial score (nSPS) is 13.8. The molecule has 0 saturated heterocycles. The predicted molar refractivity (Wildman–Crippen MR) is 87.2 cm³/mol. The van der Waals surface area contributed by atoms with Gasteiger partial charge in [0.05, 0.1) is 12.2 Å². The van der Waals surface area contributed by atoms with Gasteiger partial charge < -0.3 is 20.4 Å². The lowest BCUT2D eigenvalue weighted by Crippen LogP contribution is -2.17. The van der Waals surface area contributed by atoms with Gasteiger partial charge in [-0.15, -0.1) is 0 Å². The van der Waals surface area contributed by atoms with E-state index >= 15 is 0 Å². The first-order valence-corrected chi connectivity index (χ1v) is 7.26. The maximum Gasteiger partial charge on any atom is 0.414 e. The van der Waals surface area contributed by atoms with Crippen molar-refractivity contribution in [2.24, 2.45) is 5.92 Å². The minimum Gasteiger partial charge on any atom is -0.473 e. The van der Waals surface area contributed by atoms with Crippen molar-refractivity contribution in [1.82, 2.24) is 0 Å². The Labute approximate surface area is 139 Å². The van der Waals surface area contributed by atoms with E-state index in [4.69, 9.17) is 19.8 Å². The number of aliphatic hydroxyl groups is 2. The molecule has 6 heteroatoms. The molecule has 2 atom stereocenters. The third-order valence-corrected chi connectivity index (χ3v) is 3.46. The predicted octanol–water partition coefficient (Wildman–Crippen LogP) is 2.25. The first kappa shape index (κ1) is 19.3. The van der Waals surface area contributed by atoms with Crippen molar-refractivity contribution in [1.29, 1.82) is 0 Å². The summed E-state index contributed by atoms with van der Waals surface area (Å²) in [6.07, 6.45) is -1.33. The zero-order valence-corrected chi connectivity index (χ0v) is 13.1. The number of hydrogen-bond donors (Lipinski definition) is 4. The Morgan fingerprint density at radius 2 is 1.00 bits per heavy atom. The molecule has 0 radical (unpaired) electrons. The maximum absolute atomic E-state index is 10.3. The average Bonchev–Trinajstić information content (AvgIpc) is 2.61. The van der Waals surface area contributed by atoms with Crippen LogP contribution in [0, 0.1) is 5.92 Å². The van der Waals surface area contributed by atoms with E-state index in [-0.39, 0.29) is 5.92 Å². The van der Waals surface area contributed by atoms with Crippen LogP contribution >= 0.6 is 0 Å². The summed E-state index contributed by atoms with van der Waals surface area (Å²) in [5.74, 6) is -3.90. The minimum absolute atomic E-state index is 0.255. The number of hydrogen-bond acceptors (Lipinski definition) is 4. The highest BCUT2D eigenvalue weighted by Crippen LogP contribution is 2.32. The lowest BCUT2D eigenvalue weighted by molar-refractivity contribution is -0.159. The standard InChI is InChI=1S/C16H18O2.C2H2O4/c1-12(15(17)13-8-4-2-5-9-13)16(18)14-10-6-3-7-11-14;3-1(4)2(5)6/h2-12,15-18H,1H3;(H,3,4)(H,5,6). The monoisotopic (exact) mass is 332 g/mol. The van der Waals surface area contributed by atoms with Gasteiger partial charge in [0.25, 0.3) is 0 Å². The number of aliphatic carboxylic acids is 2. The van der Waals surface area contributed by atoms with Crippen molar-refractivity contribution >= 4 is 11.9 Å². The summed E-state index contributed by atoms with van der Waals surface area (Å²) in [5, 5.41) is 35.3. The van der Waals surface area contributed by atoms with Crippen LogP contribution in [-0.2, 0) is 9.59 Å². The topological polar surface area (TPSA) is 115 Å². The quantitative estimate of drug-likeness (QED) is 0.638. The zero-order chi connectivity index (χ0) is 18.1. The number of carboxylic acid groups (broad SMARTS) is 2. The van der Waals surface area contributed by atoms with Gasteiger partial charge in [0, 0.05) is 5.92 Å². The van der Waals surface area contributed by atoms with Gasteiger partial charge in [-0.3, -0.25) is 0 Å². The summed E-state index contributed by atoms with van der Waals surface area (Å²) >= 11 is 0. The molecule has 0 fully saturated rings. The largest absolute Gasteiger partial charge is 0.473 e. The first-order chi connectivity index (χ1) is 11.3. The van der Waals surface area contributed by atoms with Crippen molar-refractivity contribution in [2.75, 3.05) is 0 Å². The molecule has 2 aromatic rings. The molecule has 6 nitrogen and oxygen atoms in total. The van der Waals surface area contributed by atoms with Crippen LogP contribution in [0.4, 0.5) is 0 Å². The molecule has 0 amide bonds. The third kappa shape index (κ3) is 5.83. The Hall–Kier alpha value is -2.70. The lowest BCUT2D eigenvalue weighted by atomic mass is 9.89. The second-order valence-corrected chi connectivity index (χ2v) is 5.18. The molecule has 0 saturated carbocycles. The van der Waals surface area contributed by atoms with Crippen LogP contribution in [0.2, 0.25) is 0 Å². The second kappa shape index (κ2) is 9.44. The number of benzene rings is 2. The third-order valence-electron chi connectivity index (χ3n) is 3.46. The molecule has 0 aliphatic carbocycles. The van der Waals surface area contributed by atoms with Gasteiger partial charge in [-0.25, -0.2) is 9.59 Å². The Morgan fingerprint density at radius 1 is 0.708 bits per heavy atom. The van der Waals surface area contributed by atoms with E-state index < -0.39 is 24.1 Å². The number of carbonyl (C=O) groups is 2. The molecule has 0 bridgehead atoms. The summed E-state index contributed by atoms with van der Waals surface area (Å²) in [6, 6.07) is 18.9. The molecule has 2 aromatic carbocycles. The molecular weight excluding hydrogens is 312 g/mol. The molecule has 0 aliphatic heterocycles. The molecule has 0 aliphatic rings. The summed E-state index contributed by atoms with van der Waals surface area (Å²) in [4.78, 5) is 18.2. The fraction of sp³-hybridized carbons (Fsp3) is 0.222. The van der Waals surface area contributed by atoms with Gasteiger partial charge in [0.15, 0.2) is 0 Å². The van der Waals surface area contributed by atoms with Crippen LogP contribution in [0.5, 0.6) is 0 Å². The van der Waals surface area contributed by atoms with Crippen molar-refractivity contribution < 1.29 is 30.0 Å². The molecular formula is C18H20O6. The number of rotatable bonds is 4. The Morgan fingerprint density at radius 3 is 1.25 bits per heavy atom. The minimum atomic E-state index is -1.82. The molecule has 0 heterocycles. The summed E-state index contributed by atoms with van der Waals surface area (Å²) < 4.78 is 0. The van der Waals surface area contributed by atoms with Gasteiger partial charge in [0.1, 0.15) is 0 Å². The van der Waals surface area contributed by atoms with Crippen molar-refractivity contribution in [2.45, 2.75) is 19.1 Å². The Bertz CT molecular complexity index is 584. The van der Waals surface area contributed by atoms with Crippen LogP contribution in [0.1, 0.15) is 30.3 Å². The zero-order valence-electron chi connectivity index (χ0n) is 13.1. The van der Waals surface area contributed by atoms with Crippen LogP contribution in [0.25, 0.3) is 0 Å². The summed E-state index contributed by atoms with van der Waals surface area (Å²) in [6.45, 7) is 1.86. The maximum atomic E-state index is 10.3. The average molecular weight is 332 g/mol. The van der Waals surface area contributed by atoms with E-state index in [9.17, 15) is 10.2 Å². The van der Waals surface area contributed by atoms with Gasteiger partial charge in [-0.1, -0.05) is 67.6 Å². The van der Waals surface area contributed by atoms with Gasteiger partial charge in [-0.2, -0.15) is 0 Å². The van der Waals surface area contributed by atoms with Crippen LogP contribution in [0.3, 0.4) is 0 Å². The number of carboxylic acids is 2. The molecule has 128 valence electrons. The highest BCUT2D eigenvalue weighted by molar-refractivity contribution is 6.27. The fourth-order valence-corrected chi connectivity index (χ4v) is 2.08. The van der Waals surface area contributed by atoms with Gasteiger partial charge in [-0.05, 0) is 11.1 Å². The smallest absolute Gasteiger partial charge is 0.414 e. The summed E-state index contributed by atoms with van der Waals surface area (Å²) in [5.41, 5.74) is 1.67. The number of aliphatic hydroxyl groups excluding tert-OH is 2. The first-order valence-electron chi connectivity index (χ1n) is 7.26. The highest BCUT2D eigenvalue weighted by atomic mass is 16.4. The molecule has 4 N–H and O–H groups in total. The summed E-state index contributed by atoms with van der Waals surface area (Å²) in [7, 11) is 0. The van der Waals surface area contributed by atoms with Crippen molar-refractivity contribution in [3.8, 4) is 0 Å². The van der Waals surface area contributed by atoms with Crippen molar-refractivity contribution in [3.05, 3.63) is 71.8 Å². The van der Waals surface area contributed by atoms with Gasteiger partial charge in [0.2, 0.25) is 0 Å². The van der Waals surface area contributed by atoms with Crippen LogP contribution in [0.15, 0.2) is 60.7 Å². The van der Waals surface area contributed by atoms with Crippen LogP contribution in [-0.4, -0.2) is 32.4 Å². The molecule has 0 aromatic heterocycles. The molecule has 2 unspecified atom stereocenters. The second-order valence-electron chi connectivity index (χ2n) is 5.18. The van der Waals surface area contributed by atoms with E-state index in [1.54, 1.807) is 0 Å². The van der Waals surface area contributed by atoms with Gasteiger partial charge >= 0.3 is 11.9 Å². The SMILES string of the molecule is CC(C(O)c1ccccc1)C(O)c1ccccc1.O=C(O)C(=O)O. The molecule has 2 rings (SSSR count). The van der Waals surface area contributed by atoms with Crippen LogP contribution < -0.4 is 0 Å². The van der Waals surface area contributed by atoms with E-state index in [1.165, 1.54) is 0 Å². The van der Waals surface area contributed by atoms with E-state index in [0.29, 0.717) is 0 Å². The highest BCUT2D eigenvalue weighted by Gasteiger charge is 2.24. The van der Waals surface area contributed by atoms with Crippen molar-refractivity contribution in [3.63, 3.8) is 0 Å². The van der Waals surface area contributed by atoms with E-state index in [0.717, 1.165) is 11.1 Å². The molecule has 0 spiro atoms. The molecule has 24 heavy (non-hydrogen) atoms. The van der Waals surface area contributed by atoms with E-state index in [2.05, 4.69) is 0 Å². The van der Waals surface area contributed by atoms with E-state index in [1.807, 2.05) is 67.6 Å². The fourth-order valence-electron chi connectivity index (χ4n) is 2.08. The Kier molecular flexibility index (Phi) is 7.61. The Balaban J connectivity index is 0.000000413. The lowest BCUT2D eigenvalue weighted by Gasteiger charge is -2.24.